The molecule has 2 aliphatic rings. The zero-order valence-electron chi connectivity index (χ0n) is 11.6. The summed E-state index contributed by atoms with van der Waals surface area (Å²) >= 11 is 0. The molecule has 1 N–H and O–H groups in total. The molecule has 3 unspecified atom stereocenters. The van der Waals surface area contributed by atoms with E-state index in [0.717, 1.165) is 18.4 Å². The van der Waals surface area contributed by atoms with Gasteiger partial charge in [0.05, 0.1) is 11.8 Å². The van der Waals surface area contributed by atoms with Crippen molar-refractivity contribution in [3.8, 4) is 0 Å². The zero-order valence-corrected chi connectivity index (χ0v) is 11.6. The van der Waals surface area contributed by atoms with Gasteiger partial charge in [0.25, 0.3) is 0 Å². The Bertz CT molecular complexity index is 554. The van der Waals surface area contributed by atoms with Gasteiger partial charge in [0, 0.05) is 12.6 Å². The number of amides is 1. The molecule has 0 radical (unpaired) electrons. The molecule has 0 saturated carbocycles. The minimum Gasteiger partial charge on any atom is -0.481 e. The Morgan fingerprint density at radius 2 is 2.00 bits per heavy atom. The van der Waals surface area contributed by atoms with Crippen molar-refractivity contribution in [2.45, 2.75) is 38.1 Å². The molecule has 4 nitrogen and oxygen atoms in total. The van der Waals surface area contributed by atoms with Crippen LogP contribution in [0.2, 0.25) is 0 Å². The number of benzene rings is 1. The maximum Gasteiger partial charge on any atom is 0.308 e. The minimum atomic E-state index is -0.792. The fourth-order valence-corrected chi connectivity index (χ4v) is 3.59. The molecule has 1 fully saturated rings. The van der Waals surface area contributed by atoms with E-state index in [0.29, 0.717) is 13.0 Å². The van der Waals surface area contributed by atoms with E-state index in [2.05, 4.69) is 6.07 Å². The lowest BCUT2D eigenvalue weighted by Crippen LogP contribution is -2.40. The average molecular weight is 273 g/mol. The molecule has 3 rings (SSSR count). The summed E-state index contributed by atoms with van der Waals surface area (Å²) in [5.74, 6) is -1.19. The first-order valence-corrected chi connectivity index (χ1v) is 7.20. The van der Waals surface area contributed by atoms with Crippen LogP contribution in [0.1, 0.15) is 36.8 Å². The first kappa shape index (κ1) is 13.2. The van der Waals surface area contributed by atoms with Gasteiger partial charge in [0.2, 0.25) is 5.91 Å². The summed E-state index contributed by atoms with van der Waals surface area (Å²) in [4.78, 5) is 25.7. The highest BCUT2D eigenvalue weighted by molar-refractivity contribution is 5.86. The second kappa shape index (κ2) is 4.93. The minimum absolute atomic E-state index is 0.0822. The SMILES string of the molecule is CC1C(C(=O)O)CCN1C(=O)C1CCc2ccccc21. The van der Waals surface area contributed by atoms with Gasteiger partial charge in [-0.1, -0.05) is 24.3 Å². The molecule has 3 atom stereocenters. The predicted molar refractivity (Wildman–Crippen MR) is 74.4 cm³/mol. The summed E-state index contributed by atoms with van der Waals surface area (Å²) in [6.07, 6.45) is 2.35. The van der Waals surface area contributed by atoms with Gasteiger partial charge in [-0.2, -0.15) is 0 Å². The molecular formula is C16H19NO3. The lowest BCUT2D eigenvalue weighted by Gasteiger charge is -2.26. The number of carboxylic acid groups (broad SMARTS) is 1. The molecule has 1 amide bonds. The number of fused-ring (bicyclic) bond motifs is 1. The fourth-order valence-electron chi connectivity index (χ4n) is 3.59. The summed E-state index contributed by atoms with van der Waals surface area (Å²) < 4.78 is 0. The van der Waals surface area contributed by atoms with Crippen LogP contribution in [0, 0.1) is 5.92 Å². The Morgan fingerprint density at radius 1 is 1.25 bits per heavy atom. The van der Waals surface area contributed by atoms with Gasteiger partial charge >= 0.3 is 5.97 Å². The maximum atomic E-state index is 12.7. The third-order valence-corrected chi connectivity index (χ3v) is 4.79. The molecule has 0 bridgehead atoms. The third-order valence-electron chi connectivity index (χ3n) is 4.79. The molecule has 0 aromatic heterocycles. The number of carbonyl (C=O) groups is 2. The Balaban J connectivity index is 1.80. The Morgan fingerprint density at radius 3 is 2.70 bits per heavy atom. The molecule has 1 aliphatic carbocycles. The first-order valence-electron chi connectivity index (χ1n) is 7.20. The molecule has 0 spiro atoms. The van der Waals surface area contributed by atoms with Crippen molar-refractivity contribution in [2.24, 2.45) is 5.92 Å². The number of carboxylic acids is 1. The normalized spacial score (nSPS) is 28.4. The van der Waals surface area contributed by atoms with Gasteiger partial charge in [-0.3, -0.25) is 9.59 Å². The van der Waals surface area contributed by atoms with Gasteiger partial charge in [0.15, 0.2) is 0 Å². The number of carbonyl (C=O) groups excluding carboxylic acids is 1. The van der Waals surface area contributed by atoms with Crippen molar-refractivity contribution < 1.29 is 14.7 Å². The van der Waals surface area contributed by atoms with Crippen molar-refractivity contribution in [3.63, 3.8) is 0 Å². The highest BCUT2D eigenvalue weighted by Crippen LogP contribution is 2.36. The molecular weight excluding hydrogens is 254 g/mol. The van der Waals surface area contributed by atoms with Gasteiger partial charge in [-0.15, -0.1) is 0 Å². The number of aryl methyl sites for hydroxylation is 1. The van der Waals surface area contributed by atoms with Crippen LogP contribution in [-0.4, -0.2) is 34.5 Å². The van der Waals surface area contributed by atoms with E-state index in [4.69, 9.17) is 5.11 Å². The first-order chi connectivity index (χ1) is 9.59. The fraction of sp³-hybridized carbons (Fsp3) is 0.500. The Labute approximate surface area is 118 Å². The quantitative estimate of drug-likeness (QED) is 0.897. The molecule has 1 aromatic rings. The standard InChI is InChI=1S/C16H19NO3/c1-10-12(16(19)20)8-9-17(10)15(18)14-7-6-11-4-2-3-5-13(11)14/h2-5,10,12,14H,6-9H2,1H3,(H,19,20). The van der Waals surface area contributed by atoms with Crippen molar-refractivity contribution in [3.05, 3.63) is 35.4 Å². The van der Waals surface area contributed by atoms with Crippen molar-refractivity contribution in [1.29, 1.82) is 0 Å². The van der Waals surface area contributed by atoms with E-state index in [1.54, 1.807) is 4.90 Å². The van der Waals surface area contributed by atoms with Crippen LogP contribution in [0.4, 0.5) is 0 Å². The third kappa shape index (κ3) is 1.99. The van der Waals surface area contributed by atoms with Crippen molar-refractivity contribution >= 4 is 11.9 Å². The van der Waals surface area contributed by atoms with Crippen molar-refractivity contribution in [2.75, 3.05) is 6.54 Å². The van der Waals surface area contributed by atoms with E-state index < -0.39 is 11.9 Å². The summed E-state index contributed by atoms with van der Waals surface area (Å²) in [6.45, 7) is 2.42. The van der Waals surface area contributed by atoms with E-state index in [-0.39, 0.29) is 17.9 Å². The highest BCUT2D eigenvalue weighted by Gasteiger charge is 2.41. The van der Waals surface area contributed by atoms with E-state index in [1.165, 1.54) is 5.56 Å². The highest BCUT2D eigenvalue weighted by atomic mass is 16.4. The molecule has 1 saturated heterocycles. The van der Waals surface area contributed by atoms with E-state index in [1.807, 2.05) is 25.1 Å². The van der Waals surface area contributed by atoms with Crippen LogP contribution in [0.15, 0.2) is 24.3 Å². The number of hydrogen-bond donors (Lipinski definition) is 1. The smallest absolute Gasteiger partial charge is 0.308 e. The summed E-state index contributed by atoms with van der Waals surface area (Å²) in [6, 6.07) is 7.88. The van der Waals surface area contributed by atoms with Crippen LogP contribution < -0.4 is 0 Å². The average Bonchev–Trinajstić information content (AvgIpc) is 3.01. The lowest BCUT2D eigenvalue weighted by atomic mass is 9.98. The van der Waals surface area contributed by atoms with Crippen LogP contribution in [-0.2, 0) is 16.0 Å². The zero-order chi connectivity index (χ0) is 14.3. The second-order valence-electron chi connectivity index (χ2n) is 5.80. The van der Waals surface area contributed by atoms with Gasteiger partial charge < -0.3 is 10.0 Å². The molecule has 106 valence electrons. The van der Waals surface area contributed by atoms with Gasteiger partial charge in [-0.25, -0.2) is 0 Å². The molecule has 1 aliphatic heterocycles. The number of likely N-dealkylation sites (tertiary alicyclic amines) is 1. The Kier molecular flexibility index (Phi) is 3.24. The van der Waals surface area contributed by atoms with Gasteiger partial charge in [-0.05, 0) is 37.3 Å². The van der Waals surface area contributed by atoms with E-state index in [9.17, 15) is 9.59 Å². The number of nitrogens with zero attached hydrogens (tertiary/aromatic N) is 1. The van der Waals surface area contributed by atoms with E-state index >= 15 is 0 Å². The summed E-state index contributed by atoms with van der Waals surface area (Å²) in [7, 11) is 0. The van der Waals surface area contributed by atoms with Crippen LogP contribution in [0.3, 0.4) is 0 Å². The lowest BCUT2D eigenvalue weighted by molar-refractivity contribution is -0.143. The largest absolute Gasteiger partial charge is 0.481 e. The monoisotopic (exact) mass is 273 g/mol. The topological polar surface area (TPSA) is 57.6 Å². The summed E-state index contributed by atoms with van der Waals surface area (Å²) in [5, 5.41) is 9.17. The van der Waals surface area contributed by atoms with Crippen LogP contribution in [0.25, 0.3) is 0 Å². The number of hydrogen-bond acceptors (Lipinski definition) is 2. The van der Waals surface area contributed by atoms with Crippen LogP contribution in [0.5, 0.6) is 0 Å². The van der Waals surface area contributed by atoms with Crippen molar-refractivity contribution in [1.82, 2.24) is 4.90 Å². The molecule has 1 aromatic carbocycles. The second-order valence-corrected chi connectivity index (χ2v) is 5.80. The summed E-state index contributed by atoms with van der Waals surface area (Å²) in [5.41, 5.74) is 2.39. The molecule has 20 heavy (non-hydrogen) atoms. The van der Waals surface area contributed by atoms with Crippen LogP contribution >= 0.6 is 0 Å². The maximum absolute atomic E-state index is 12.7. The molecule has 4 heteroatoms. The van der Waals surface area contributed by atoms with Gasteiger partial charge in [0.1, 0.15) is 0 Å². The molecule has 1 heterocycles. The number of aliphatic carboxylic acids is 1. The Hall–Kier alpha value is -1.84. The number of rotatable bonds is 2. The predicted octanol–water partition coefficient (Wildman–Crippen LogP) is 2.04.